The lowest BCUT2D eigenvalue weighted by atomic mass is 10.00. The van der Waals surface area contributed by atoms with Crippen LogP contribution in [0, 0.1) is 0 Å². The maximum absolute atomic E-state index is 5.83. The van der Waals surface area contributed by atoms with E-state index in [1.807, 2.05) is 11.6 Å². The molecular weight excluding hydrogens is 306 g/mol. The van der Waals surface area contributed by atoms with Gasteiger partial charge in [-0.05, 0) is 39.5 Å². The van der Waals surface area contributed by atoms with Crippen molar-refractivity contribution in [3.8, 4) is 17.0 Å². The van der Waals surface area contributed by atoms with Gasteiger partial charge in [-0.2, -0.15) is 0 Å². The highest BCUT2D eigenvalue weighted by Crippen LogP contribution is 2.37. The maximum Gasteiger partial charge on any atom is 0.201 e. The van der Waals surface area contributed by atoms with Gasteiger partial charge in [0.1, 0.15) is 10.4 Å². The molecule has 1 aromatic heterocycles. The molecule has 0 saturated heterocycles. The van der Waals surface area contributed by atoms with Crippen molar-refractivity contribution in [2.75, 3.05) is 12.8 Å². The van der Waals surface area contributed by atoms with E-state index in [-0.39, 0.29) is 0 Å². The van der Waals surface area contributed by atoms with E-state index in [4.69, 9.17) is 10.5 Å². The lowest BCUT2D eigenvalue weighted by Crippen LogP contribution is -2.00. The number of halogens is 1. The molecule has 0 unspecified atom stereocenters. The molecule has 0 radical (unpaired) electrons. The fraction of sp³-hybridized carbons (Fsp3) is 0.357. The molecule has 0 amide bonds. The van der Waals surface area contributed by atoms with Crippen molar-refractivity contribution in [1.82, 2.24) is 9.55 Å². The minimum Gasteiger partial charge on any atom is -0.496 e. The Morgan fingerprint density at radius 3 is 2.53 bits per heavy atom. The number of rotatable bonds is 3. The summed E-state index contributed by atoms with van der Waals surface area (Å²) >= 11 is 3.45. The van der Waals surface area contributed by atoms with Crippen LogP contribution >= 0.6 is 15.9 Å². The van der Waals surface area contributed by atoms with Crippen LogP contribution in [0.25, 0.3) is 11.3 Å². The van der Waals surface area contributed by atoms with Gasteiger partial charge >= 0.3 is 0 Å². The first-order valence-electron chi connectivity index (χ1n) is 6.11. The fourth-order valence-electron chi connectivity index (χ4n) is 2.04. The first-order chi connectivity index (χ1) is 8.95. The maximum atomic E-state index is 5.83. The van der Waals surface area contributed by atoms with Crippen LogP contribution in [0.3, 0.4) is 0 Å². The third-order valence-corrected chi connectivity index (χ3v) is 3.79. The minimum absolute atomic E-state index is 0.461. The second kappa shape index (κ2) is 5.25. The number of nitrogens with two attached hydrogens (primary N) is 1. The quantitative estimate of drug-likeness (QED) is 0.939. The molecule has 19 heavy (non-hydrogen) atoms. The molecule has 1 heterocycles. The predicted molar refractivity (Wildman–Crippen MR) is 81.4 cm³/mol. The summed E-state index contributed by atoms with van der Waals surface area (Å²) in [6, 6.07) is 6.23. The summed E-state index contributed by atoms with van der Waals surface area (Å²) in [6.45, 7) is 4.32. The largest absolute Gasteiger partial charge is 0.496 e. The summed E-state index contributed by atoms with van der Waals surface area (Å²) in [4.78, 5) is 4.22. The molecule has 2 N–H and O–H groups in total. The lowest BCUT2D eigenvalue weighted by molar-refractivity contribution is 0.415. The number of nitrogen functional groups attached to an aromatic ring is 1. The van der Waals surface area contributed by atoms with Gasteiger partial charge in [0.05, 0.1) is 12.8 Å². The van der Waals surface area contributed by atoms with Crippen molar-refractivity contribution in [2.45, 2.75) is 19.8 Å². The van der Waals surface area contributed by atoms with Gasteiger partial charge in [0.25, 0.3) is 0 Å². The van der Waals surface area contributed by atoms with Crippen molar-refractivity contribution < 1.29 is 4.74 Å². The molecule has 0 atom stereocenters. The third-order valence-electron chi connectivity index (χ3n) is 3.23. The Bertz CT molecular complexity index is 605. The highest BCUT2D eigenvalue weighted by molar-refractivity contribution is 9.10. The van der Waals surface area contributed by atoms with E-state index in [9.17, 15) is 0 Å². The van der Waals surface area contributed by atoms with Crippen LogP contribution in [-0.4, -0.2) is 16.7 Å². The van der Waals surface area contributed by atoms with Gasteiger partial charge in [0, 0.05) is 12.6 Å². The van der Waals surface area contributed by atoms with Crippen molar-refractivity contribution in [2.24, 2.45) is 7.05 Å². The molecule has 0 saturated carbocycles. The van der Waals surface area contributed by atoms with Gasteiger partial charge in [-0.15, -0.1) is 0 Å². The number of methoxy groups -OCH3 is 1. The molecule has 2 rings (SSSR count). The number of anilines is 1. The van der Waals surface area contributed by atoms with Crippen molar-refractivity contribution in [3.05, 3.63) is 28.4 Å². The number of nitrogens with zero attached hydrogens (tertiary/aromatic N) is 2. The molecular formula is C14H18BrN3O. The van der Waals surface area contributed by atoms with E-state index in [1.165, 1.54) is 5.56 Å². The smallest absolute Gasteiger partial charge is 0.201 e. The molecule has 0 fully saturated rings. The van der Waals surface area contributed by atoms with E-state index in [2.05, 4.69) is 53.0 Å². The van der Waals surface area contributed by atoms with E-state index in [0.29, 0.717) is 11.9 Å². The normalized spacial score (nSPS) is 11.1. The molecule has 1 aromatic carbocycles. The van der Waals surface area contributed by atoms with Gasteiger partial charge in [-0.1, -0.05) is 19.9 Å². The van der Waals surface area contributed by atoms with E-state index < -0.39 is 0 Å². The molecule has 0 spiro atoms. The van der Waals surface area contributed by atoms with Crippen LogP contribution in [0.2, 0.25) is 0 Å². The number of aromatic nitrogens is 2. The topological polar surface area (TPSA) is 53.1 Å². The lowest BCUT2D eigenvalue weighted by Gasteiger charge is -2.13. The van der Waals surface area contributed by atoms with E-state index in [1.54, 1.807) is 7.11 Å². The number of benzene rings is 1. The highest BCUT2D eigenvalue weighted by atomic mass is 79.9. The summed E-state index contributed by atoms with van der Waals surface area (Å²) in [6.07, 6.45) is 0. The third kappa shape index (κ3) is 2.47. The standard InChI is InChI=1S/C14H18BrN3O/c1-8(2)9-5-6-10(11(7-9)19-4)12-13(15)17-14(16)18(12)3/h5-8H,1-4H3,(H2,16,17). The number of hydrogen-bond acceptors (Lipinski definition) is 3. The average Bonchev–Trinajstić information content (AvgIpc) is 2.62. The molecule has 5 heteroatoms. The van der Waals surface area contributed by atoms with Crippen LogP contribution in [0.15, 0.2) is 22.8 Å². The Kier molecular flexibility index (Phi) is 3.85. The summed E-state index contributed by atoms with van der Waals surface area (Å²) in [5.74, 6) is 1.76. The Morgan fingerprint density at radius 2 is 2.05 bits per heavy atom. The predicted octanol–water partition coefficient (Wildman–Crippen LogP) is 3.56. The first kappa shape index (κ1) is 13.9. The van der Waals surface area contributed by atoms with Crippen molar-refractivity contribution in [3.63, 3.8) is 0 Å². The van der Waals surface area contributed by atoms with Gasteiger partial charge in [0.15, 0.2) is 0 Å². The van der Waals surface area contributed by atoms with Gasteiger partial charge in [-0.3, -0.25) is 0 Å². The Morgan fingerprint density at radius 1 is 1.37 bits per heavy atom. The van der Waals surface area contributed by atoms with E-state index in [0.717, 1.165) is 21.6 Å². The SMILES string of the molecule is COc1cc(C(C)C)ccc1-c1c(Br)nc(N)n1C. The molecule has 0 aliphatic rings. The molecule has 102 valence electrons. The number of imidazole rings is 1. The molecule has 0 aliphatic carbocycles. The van der Waals surface area contributed by atoms with Gasteiger partial charge in [-0.25, -0.2) is 4.98 Å². The second-order valence-corrected chi connectivity index (χ2v) is 5.53. The van der Waals surface area contributed by atoms with E-state index >= 15 is 0 Å². The zero-order valence-corrected chi connectivity index (χ0v) is 13.2. The Hall–Kier alpha value is -1.49. The zero-order valence-electron chi connectivity index (χ0n) is 11.6. The van der Waals surface area contributed by atoms with Crippen LogP contribution in [0.1, 0.15) is 25.3 Å². The molecule has 4 nitrogen and oxygen atoms in total. The summed E-state index contributed by atoms with van der Waals surface area (Å²) in [5.41, 5.74) is 8.97. The highest BCUT2D eigenvalue weighted by Gasteiger charge is 2.17. The van der Waals surface area contributed by atoms with Crippen LogP contribution in [0.5, 0.6) is 5.75 Å². The Balaban J connectivity index is 2.62. The van der Waals surface area contributed by atoms with Crippen LogP contribution in [0.4, 0.5) is 5.95 Å². The van der Waals surface area contributed by atoms with Crippen LogP contribution in [-0.2, 0) is 7.05 Å². The van der Waals surface area contributed by atoms with Crippen LogP contribution < -0.4 is 10.5 Å². The Labute approximate surface area is 121 Å². The van der Waals surface area contributed by atoms with Crippen molar-refractivity contribution >= 4 is 21.9 Å². The second-order valence-electron chi connectivity index (χ2n) is 4.78. The van der Waals surface area contributed by atoms with Gasteiger partial charge < -0.3 is 15.0 Å². The average molecular weight is 324 g/mol. The monoisotopic (exact) mass is 323 g/mol. The zero-order chi connectivity index (χ0) is 14.2. The fourth-order valence-corrected chi connectivity index (χ4v) is 2.70. The van der Waals surface area contributed by atoms with Crippen molar-refractivity contribution in [1.29, 1.82) is 0 Å². The minimum atomic E-state index is 0.461. The number of ether oxygens (including phenoxy) is 1. The number of hydrogen-bond donors (Lipinski definition) is 1. The molecule has 2 aromatic rings. The van der Waals surface area contributed by atoms with Gasteiger partial charge in [0.2, 0.25) is 5.95 Å². The summed E-state index contributed by atoms with van der Waals surface area (Å²) < 4.78 is 8.08. The molecule has 0 bridgehead atoms. The molecule has 0 aliphatic heterocycles. The first-order valence-corrected chi connectivity index (χ1v) is 6.91. The summed E-state index contributed by atoms with van der Waals surface area (Å²) in [5, 5.41) is 0. The summed E-state index contributed by atoms with van der Waals surface area (Å²) in [7, 11) is 3.56.